The van der Waals surface area contributed by atoms with Crippen molar-refractivity contribution >= 4 is 22.7 Å². The van der Waals surface area contributed by atoms with Crippen LogP contribution in [0, 0.1) is 0 Å². The molecule has 0 amide bonds. The molecule has 0 spiro atoms. The molecule has 1 saturated heterocycles. The maximum atomic E-state index is 5.72. The number of likely N-dealkylation sites (tertiary alicyclic amines) is 1. The van der Waals surface area contributed by atoms with Gasteiger partial charge < -0.3 is 15.5 Å². The standard InChI is InChI=1S/C18H24N4S/c19-8-10-20-9-7-15(12-20)22-14-21(13-16-4-3-11-23-16)17-5-1-2-6-18(17)22/h1-6,11,15H,7-10,12-14,19H2. The minimum atomic E-state index is 0.607. The lowest BCUT2D eigenvalue weighted by molar-refractivity contribution is 0.342. The van der Waals surface area contributed by atoms with Crippen molar-refractivity contribution in [2.24, 2.45) is 5.73 Å². The molecule has 2 aliphatic heterocycles. The summed E-state index contributed by atoms with van der Waals surface area (Å²) in [5, 5.41) is 2.16. The Morgan fingerprint density at radius 3 is 2.78 bits per heavy atom. The number of anilines is 2. The molecular formula is C18H24N4S. The van der Waals surface area contributed by atoms with Gasteiger partial charge in [0.15, 0.2) is 0 Å². The number of nitrogens with two attached hydrogens (primary N) is 1. The number of rotatable bonds is 5. The van der Waals surface area contributed by atoms with E-state index in [1.54, 1.807) is 0 Å². The molecule has 122 valence electrons. The monoisotopic (exact) mass is 328 g/mol. The third-order valence-corrected chi connectivity index (χ3v) is 5.78. The van der Waals surface area contributed by atoms with Gasteiger partial charge in [-0.1, -0.05) is 18.2 Å². The first kappa shape index (κ1) is 15.0. The zero-order chi connectivity index (χ0) is 15.6. The van der Waals surface area contributed by atoms with Gasteiger partial charge in [-0.2, -0.15) is 0 Å². The van der Waals surface area contributed by atoms with Crippen LogP contribution < -0.4 is 15.5 Å². The summed E-state index contributed by atoms with van der Waals surface area (Å²) in [4.78, 5) is 9.03. The molecule has 0 aliphatic carbocycles. The van der Waals surface area contributed by atoms with Crippen molar-refractivity contribution in [3.63, 3.8) is 0 Å². The van der Waals surface area contributed by atoms with Crippen molar-refractivity contribution in [3.8, 4) is 0 Å². The molecule has 0 radical (unpaired) electrons. The molecule has 4 nitrogen and oxygen atoms in total. The first-order valence-electron chi connectivity index (χ1n) is 8.40. The molecule has 2 aromatic rings. The van der Waals surface area contributed by atoms with E-state index < -0.39 is 0 Å². The summed E-state index contributed by atoms with van der Waals surface area (Å²) in [6.07, 6.45) is 1.24. The van der Waals surface area contributed by atoms with E-state index in [9.17, 15) is 0 Å². The molecule has 2 aliphatic rings. The highest BCUT2D eigenvalue weighted by Gasteiger charge is 2.34. The lowest BCUT2D eigenvalue weighted by atomic mass is 10.2. The van der Waals surface area contributed by atoms with Crippen molar-refractivity contribution in [2.75, 3.05) is 42.6 Å². The van der Waals surface area contributed by atoms with Crippen molar-refractivity contribution in [1.29, 1.82) is 0 Å². The van der Waals surface area contributed by atoms with Gasteiger partial charge in [-0.25, -0.2) is 0 Å². The number of nitrogens with zero attached hydrogens (tertiary/aromatic N) is 3. The number of hydrogen-bond donors (Lipinski definition) is 1. The van der Waals surface area contributed by atoms with Gasteiger partial charge in [0.1, 0.15) is 0 Å². The number of hydrogen-bond acceptors (Lipinski definition) is 5. The van der Waals surface area contributed by atoms with E-state index in [4.69, 9.17) is 5.73 Å². The molecule has 1 aromatic heterocycles. The lowest BCUT2D eigenvalue weighted by Crippen LogP contribution is -2.40. The number of benzene rings is 1. The maximum absolute atomic E-state index is 5.72. The highest BCUT2D eigenvalue weighted by atomic mass is 32.1. The van der Waals surface area contributed by atoms with Gasteiger partial charge in [0.2, 0.25) is 0 Å². The Hall–Kier alpha value is -1.56. The predicted octanol–water partition coefficient (Wildman–Crippen LogP) is 2.57. The molecule has 23 heavy (non-hydrogen) atoms. The van der Waals surface area contributed by atoms with Crippen LogP contribution in [0.4, 0.5) is 11.4 Å². The summed E-state index contributed by atoms with van der Waals surface area (Å²) < 4.78 is 0. The van der Waals surface area contributed by atoms with E-state index >= 15 is 0 Å². The summed E-state index contributed by atoms with van der Waals surface area (Å²) >= 11 is 1.84. The first-order chi connectivity index (χ1) is 11.3. The van der Waals surface area contributed by atoms with E-state index in [1.165, 1.54) is 29.2 Å². The van der Waals surface area contributed by atoms with Crippen LogP contribution in [-0.2, 0) is 6.54 Å². The molecule has 2 N–H and O–H groups in total. The Morgan fingerprint density at radius 2 is 2.00 bits per heavy atom. The van der Waals surface area contributed by atoms with Gasteiger partial charge in [0.25, 0.3) is 0 Å². The van der Waals surface area contributed by atoms with Crippen LogP contribution in [-0.4, -0.2) is 43.8 Å². The van der Waals surface area contributed by atoms with E-state index in [2.05, 4.69) is 56.5 Å². The summed E-state index contributed by atoms with van der Waals surface area (Å²) in [5.41, 5.74) is 8.48. The Labute approximate surface area is 142 Å². The SMILES string of the molecule is NCCN1CCC(N2CN(Cc3cccs3)c3ccccc32)C1. The fourth-order valence-electron chi connectivity index (χ4n) is 3.80. The van der Waals surface area contributed by atoms with Crippen LogP contribution in [0.1, 0.15) is 11.3 Å². The molecular weight excluding hydrogens is 304 g/mol. The van der Waals surface area contributed by atoms with Gasteiger partial charge >= 0.3 is 0 Å². The quantitative estimate of drug-likeness (QED) is 0.915. The third kappa shape index (κ3) is 2.96. The van der Waals surface area contributed by atoms with Gasteiger partial charge in [-0.3, -0.25) is 4.90 Å². The summed E-state index contributed by atoms with van der Waals surface area (Å²) in [7, 11) is 0. The molecule has 4 rings (SSSR count). The molecule has 3 heterocycles. The average Bonchev–Trinajstić information content (AvgIpc) is 3.29. The van der Waals surface area contributed by atoms with Gasteiger partial charge in [0.05, 0.1) is 24.6 Å². The minimum absolute atomic E-state index is 0.607. The van der Waals surface area contributed by atoms with E-state index in [1.807, 2.05) is 11.3 Å². The Bertz CT molecular complexity index is 642. The molecule has 0 bridgehead atoms. The van der Waals surface area contributed by atoms with Crippen molar-refractivity contribution < 1.29 is 0 Å². The van der Waals surface area contributed by atoms with Crippen molar-refractivity contribution in [3.05, 3.63) is 46.7 Å². The topological polar surface area (TPSA) is 35.7 Å². The number of fused-ring (bicyclic) bond motifs is 1. The average molecular weight is 328 g/mol. The zero-order valence-electron chi connectivity index (χ0n) is 13.4. The van der Waals surface area contributed by atoms with Crippen LogP contribution in [0.3, 0.4) is 0 Å². The molecule has 5 heteroatoms. The summed E-state index contributed by atoms with van der Waals surface area (Å²) in [6.45, 7) is 6.09. The zero-order valence-corrected chi connectivity index (χ0v) is 14.2. The van der Waals surface area contributed by atoms with Crippen LogP contribution in [0.15, 0.2) is 41.8 Å². The third-order valence-electron chi connectivity index (χ3n) is 4.92. The van der Waals surface area contributed by atoms with Crippen LogP contribution in [0.25, 0.3) is 0 Å². The van der Waals surface area contributed by atoms with Gasteiger partial charge in [-0.05, 0) is 30.0 Å². The second-order valence-corrected chi connectivity index (χ2v) is 7.44. The molecule has 0 saturated carbocycles. The molecule has 1 unspecified atom stereocenters. The second-order valence-electron chi connectivity index (χ2n) is 6.41. The van der Waals surface area contributed by atoms with Crippen LogP contribution in [0.2, 0.25) is 0 Å². The number of thiophene rings is 1. The second kappa shape index (κ2) is 6.51. The van der Waals surface area contributed by atoms with Gasteiger partial charge in [-0.15, -0.1) is 11.3 Å². The lowest BCUT2D eigenvalue weighted by Gasteiger charge is -2.27. The molecule has 1 fully saturated rings. The highest BCUT2D eigenvalue weighted by molar-refractivity contribution is 7.09. The highest BCUT2D eigenvalue weighted by Crippen LogP contribution is 2.39. The van der Waals surface area contributed by atoms with Crippen LogP contribution >= 0.6 is 11.3 Å². The molecule has 1 atom stereocenters. The fourth-order valence-corrected chi connectivity index (χ4v) is 4.52. The van der Waals surface area contributed by atoms with Crippen LogP contribution in [0.5, 0.6) is 0 Å². The minimum Gasteiger partial charge on any atom is -0.348 e. The number of para-hydroxylation sites is 2. The van der Waals surface area contributed by atoms with Gasteiger partial charge in [0, 0.05) is 37.1 Å². The Kier molecular flexibility index (Phi) is 4.25. The summed E-state index contributed by atoms with van der Waals surface area (Å²) in [6, 6.07) is 13.8. The Morgan fingerprint density at radius 1 is 1.13 bits per heavy atom. The maximum Gasteiger partial charge on any atom is 0.0911 e. The van der Waals surface area contributed by atoms with E-state index in [0.29, 0.717) is 6.04 Å². The Balaban J connectivity index is 1.53. The van der Waals surface area contributed by atoms with E-state index in [-0.39, 0.29) is 0 Å². The predicted molar refractivity (Wildman–Crippen MR) is 98.2 cm³/mol. The smallest absolute Gasteiger partial charge is 0.0911 e. The largest absolute Gasteiger partial charge is 0.348 e. The van der Waals surface area contributed by atoms with E-state index in [0.717, 1.165) is 32.8 Å². The molecule has 1 aromatic carbocycles. The first-order valence-corrected chi connectivity index (χ1v) is 9.28. The fraction of sp³-hybridized carbons (Fsp3) is 0.444. The normalized spacial score (nSPS) is 21.2. The van der Waals surface area contributed by atoms with Crippen molar-refractivity contribution in [1.82, 2.24) is 4.90 Å². The summed E-state index contributed by atoms with van der Waals surface area (Å²) in [5.74, 6) is 0. The van der Waals surface area contributed by atoms with Crippen molar-refractivity contribution in [2.45, 2.75) is 19.0 Å².